The number of benzene rings is 1. The van der Waals surface area contributed by atoms with E-state index in [0.717, 1.165) is 36.9 Å². The van der Waals surface area contributed by atoms with Crippen LogP contribution in [0.15, 0.2) is 35.9 Å². The molecule has 2 N–H and O–H groups in total. The number of hydrogen-bond acceptors (Lipinski definition) is 2. The van der Waals surface area contributed by atoms with Gasteiger partial charge in [-0.3, -0.25) is 4.79 Å². The smallest absolute Gasteiger partial charge is 0.322 e. The molecular formula is C21H29N3O2. The van der Waals surface area contributed by atoms with Crippen molar-refractivity contribution in [2.75, 3.05) is 18.4 Å². The van der Waals surface area contributed by atoms with Crippen LogP contribution >= 0.6 is 0 Å². The summed E-state index contributed by atoms with van der Waals surface area (Å²) in [7, 11) is 0. The monoisotopic (exact) mass is 355 g/mol. The Balaban J connectivity index is 1.49. The van der Waals surface area contributed by atoms with Crippen LogP contribution in [-0.2, 0) is 4.79 Å². The first-order chi connectivity index (χ1) is 12.6. The van der Waals surface area contributed by atoms with Crippen LogP contribution in [0.5, 0.6) is 0 Å². The lowest BCUT2D eigenvalue weighted by molar-refractivity contribution is -0.124. The number of nitrogens with one attached hydrogen (secondary N) is 2. The summed E-state index contributed by atoms with van der Waals surface area (Å²) in [5.74, 6) is -0.0297. The Morgan fingerprint density at radius 2 is 1.96 bits per heavy atom. The van der Waals surface area contributed by atoms with Crippen LogP contribution in [0.3, 0.4) is 0 Å². The highest BCUT2D eigenvalue weighted by Crippen LogP contribution is 2.21. The van der Waals surface area contributed by atoms with E-state index < -0.39 is 0 Å². The van der Waals surface area contributed by atoms with Crippen LogP contribution in [0.25, 0.3) is 0 Å². The van der Waals surface area contributed by atoms with E-state index in [0.29, 0.717) is 13.1 Å². The van der Waals surface area contributed by atoms with Crippen molar-refractivity contribution < 1.29 is 9.59 Å². The molecule has 0 spiro atoms. The molecule has 0 unspecified atom stereocenters. The van der Waals surface area contributed by atoms with Crippen molar-refractivity contribution in [3.8, 4) is 0 Å². The molecule has 0 radical (unpaired) electrons. The van der Waals surface area contributed by atoms with Crippen LogP contribution in [0.4, 0.5) is 10.5 Å². The van der Waals surface area contributed by atoms with Gasteiger partial charge in [0.2, 0.25) is 5.91 Å². The quantitative estimate of drug-likeness (QED) is 0.784. The zero-order valence-corrected chi connectivity index (χ0v) is 15.6. The summed E-state index contributed by atoms with van der Waals surface area (Å²) in [5, 5.41) is 5.93. The van der Waals surface area contributed by atoms with Gasteiger partial charge in [0.1, 0.15) is 6.04 Å². The van der Waals surface area contributed by atoms with Gasteiger partial charge in [-0.25, -0.2) is 4.79 Å². The van der Waals surface area contributed by atoms with Gasteiger partial charge in [-0.05, 0) is 64.0 Å². The number of anilines is 1. The lowest BCUT2D eigenvalue weighted by Gasteiger charge is -2.24. The first-order valence-electron chi connectivity index (χ1n) is 9.73. The maximum atomic E-state index is 12.6. The summed E-state index contributed by atoms with van der Waals surface area (Å²) in [5.41, 5.74) is 3.36. The van der Waals surface area contributed by atoms with Crippen molar-refractivity contribution in [2.45, 2.75) is 57.9 Å². The van der Waals surface area contributed by atoms with E-state index in [9.17, 15) is 9.59 Å². The number of hydrogen-bond donors (Lipinski definition) is 2. The average Bonchev–Trinajstić information content (AvgIpc) is 3.14. The van der Waals surface area contributed by atoms with E-state index in [1.54, 1.807) is 4.90 Å². The van der Waals surface area contributed by atoms with Gasteiger partial charge in [-0.15, -0.1) is 0 Å². The summed E-state index contributed by atoms with van der Waals surface area (Å²) in [6.07, 6.45) is 9.70. The largest absolute Gasteiger partial charge is 0.354 e. The standard InChI is InChI=1S/C21H29N3O2/c1-16-9-11-18(12-10-16)23-21(26)24-15-5-8-19(24)20(25)22-14-13-17-6-3-2-4-7-17/h6,9-12,19H,2-5,7-8,13-15H2,1H3,(H,22,25)(H,23,26)/t19-/m1/s1. The molecule has 0 aromatic heterocycles. The van der Waals surface area contributed by atoms with Gasteiger partial charge in [-0.2, -0.15) is 0 Å². The molecule has 1 fully saturated rings. The third-order valence-corrected chi connectivity index (χ3v) is 5.25. The molecular weight excluding hydrogens is 326 g/mol. The molecule has 1 aromatic carbocycles. The van der Waals surface area contributed by atoms with Crippen molar-refractivity contribution in [3.05, 3.63) is 41.5 Å². The van der Waals surface area contributed by atoms with Gasteiger partial charge in [0.25, 0.3) is 0 Å². The summed E-state index contributed by atoms with van der Waals surface area (Å²) in [6, 6.07) is 7.14. The SMILES string of the molecule is Cc1ccc(NC(=O)N2CCC[C@@H]2C(=O)NCCC2=CCCCC2)cc1. The normalized spacial score (nSPS) is 19.8. The fraction of sp³-hybridized carbons (Fsp3) is 0.524. The second-order valence-electron chi connectivity index (χ2n) is 7.30. The molecule has 5 nitrogen and oxygen atoms in total. The van der Waals surface area contributed by atoms with Crippen LogP contribution in [-0.4, -0.2) is 36.0 Å². The zero-order valence-electron chi connectivity index (χ0n) is 15.6. The number of likely N-dealkylation sites (tertiary alicyclic amines) is 1. The summed E-state index contributed by atoms with van der Waals surface area (Å²) < 4.78 is 0. The topological polar surface area (TPSA) is 61.4 Å². The molecule has 3 rings (SSSR count). The van der Waals surface area contributed by atoms with E-state index in [4.69, 9.17) is 0 Å². The molecule has 140 valence electrons. The molecule has 1 aliphatic heterocycles. The molecule has 5 heteroatoms. The maximum absolute atomic E-state index is 12.6. The fourth-order valence-corrected chi connectivity index (χ4v) is 3.71. The van der Waals surface area contributed by atoms with Crippen molar-refractivity contribution in [2.24, 2.45) is 0 Å². The number of aryl methyl sites for hydroxylation is 1. The predicted molar refractivity (Wildman–Crippen MR) is 104 cm³/mol. The van der Waals surface area contributed by atoms with Crippen molar-refractivity contribution in [3.63, 3.8) is 0 Å². The highest BCUT2D eigenvalue weighted by atomic mass is 16.2. The van der Waals surface area contributed by atoms with Crippen molar-refractivity contribution >= 4 is 17.6 Å². The van der Waals surface area contributed by atoms with E-state index in [2.05, 4.69) is 16.7 Å². The summed E-state index contributed by atoms with van der Waals surface area (Å²) in [4.78, 5) is 26.8. The van der Waals surface area contributed by atoms with Crippen LogP contribution in [0.2, 0.25) is 0 Å². The minimum atomic E-state index is -0.360. The van der Waals surface area contributed by atoms with Crippen molar-refractivity contribution in [1.82, 2.24) is 10.2 Å². The number of carbonyl (C=O) groups is 2. The van der Waals surface area contributed by atoms with Crippen LogP contribution in [0, 0.1) is 6.92 Å². The predicted octanol–water partition coefficient (Wildman–Crippen LogP) is 4.00. The molecule has 26 heavy (non-hydrogen) atoms. The number of allylic oxidation sites excluding steroid dienone is 1. The second-order valence-corrected chi connectivity index (χ2v) is 7.30. The lowest BCUT2D eigenvalue weighted by Crippen LogP contribution is -2.47. The first kappa shape index (κ1) is 18.5. The second kappa shape index (κ2) is 8.88. The van der Waals surface area contributed by atoms with Gasteiger partial charge in [0.15, 0.2) is 0 Å². The Hall–Kier alpha value is -2.30. The van der Waals surface area contributed by atoms with Gasteiger partial charge in [0, 0.05) is 18.8 Å². The Morgan fingerprint density at radius 3 is 2.69 bits per heavy atom. The summed E-state index contributed by atoms with van der Waals surface area (Å²) in [6.45, 7) is 3.30. The number of nitrogens with zero attached hydrogens (tertiary/aromatic N) is 1. The minimum absolute atomic E-state index is 0.0297. The summed E-state index contributed by atoms with van der Waals surface area (Å²) >= 11 is 0. The third kappa shape index (κ3) is 4.87. The Morgan fingerprint density at radius 1 is 1.15 bits per heavy atom. The minimum Gasteiger partial charge on any atom is -0.354 e. The lowest BCUT2D eigenvalue weighted by atomic mass is 9.97. The van der Waals surface area contributed by atoms with E-state index in [1.165, 1.54) is 24.8 Å². The molecule has 2 aliphatic rings. The molecule has 3 amide bonds. The van der Waals surface area contributed by atoms with Gasteiger partial charge < -0.3 is 15.5 Å². The Kier molecular flexibility index (Phi) is 6.31. The van der Waals surface area contributed by atoms with E-state index in [1.807, 2.05) is 31.2 Å². The van der Waals surface area contributed by atoms with Crippen LogP contribution in [0.1, 0.15) is 50.5 Å². The molecule has 1 aromatic rings. The fourth-order valence-electron chi connectivity index (χ4n) is 3.71. The number of amides is 3. The number of urea groups is 1. The third-order valence-electron chi connectivity index (χ3n) is 5.25. The average molecular weight is 355 g/mol. The maximum Gasteiger partial charge on any atom is 0.322 e. The zero-order chi connectivity index (χ0) is 18.4. The molecule has 1 heterocycles. The Bertz CT molecular complexity index is 666. The van der Waals surface area contributed by atoms with Gasteiger partial charge in [-0.1, -0.05) is 29.3 Å². The molecule has 1 aliphatic carbocycles. The number of rotatable bonds is 5. The molecule has 0 bridgehead atoms. The van der Waals surface area contributed by atoms with E-state index in [-0.39, 0.29) is 18.0 Å². The molecule has 1 saturated heterocycles. The van der Waals surface area contributed by atoms with E-state index >= 15 is 0 Å². The molecule has 0 saturated carbocycles. The van der Waals surface area contributed by atoms with Crippen LogP contribution < -0.4 is 10.6 Å². The number of carbonyl (C=O) groups excluding carboxylic acids is 2. The highest BCUT2D eigenvalue weighted by Gasteiger charge is 2.33. The first-order valence-corrected chi connectivity index (χ1v) is 9.73. The Labute approximate surface area is 155 Å². The molecule has 1 atom stereocenters. The van der Waals surface area contributed by atoms with Gasteiger partial charge in [0.05, 0.1) is 0 Å². The van der Waals surface area contributed by atoms with Crippen molar-refractivity contribution in [1.29, 1.82) is 0 Å². The van der Waals surface area contributed by atoms with Gasteiger partial charge >= 0.3 is 6.03 Å². The highest BCUT2D eigenvalue weighted by molar-refractivity contribution is 5.94.